The number of carbonyl (C=O) groups excluding carboxylic acids is 2. The van der Waals surface area contributed by atoms with Crippen molar-refractivity contribution in [3.8, 4) is 0 Å². The summed E-state index contributed by atoms with van der Waals surface area (Å²) in [7, 11) is 1.98. The molecule has 0 atom stereocenters. The topological polar surface area (TPSA) is 57.6 Å². The highest BCUT2D eigenvalue weighted by Crippen LogP contribution is 2.14. The summed E-state index contributed by atoms with van der Waals surface area (Å²) >= 11 is 0. The molecule has 164 valence electrons. The zero-order valence-electron chi connectivity index (χ0n) is 19.2. The molecule has 0 spiro atoms. The van der Waals surface area contributed by atoms with E-state index in [4.69, 9.17) is 0 Å². The molecule has 0 radical (unpaired) electrons. The van der Waals surface area contributed by atoms with Gasteiger partial charge >= 0.3 is 6.03 Å². The first-order valence-electron chi connectivity index (χ1n) is 10.8. The molecular formula is C24H36N4O2. The Labute approximate surface area is 180 Å². The fourth-order valence-corrected chi connectivity index (χ4v) is 3.31. The zero-order chi connectivity index (χ0) is 22.3. The standard InChI is InChI=1S/C24H36N4O2/c1-7-20-10-12-21(13-11-20)25-24(30)28(19(4)5)17-23(29)27(15-18(2)3)16-22-9-8-14-26(22)6/h8-14,18-19H,7,15-17H2,1-6H3,(H,25,30). The predicted molar refractivity (Wildman–Crippen MR) is 122 cm³/mol. The van der Waals surface area contributed by atoms with Gasteiger partial charge in [0.05, 0.1) is 6.54 Å². The minimum atomic E-state index is -0.258. The zero-order valence-corrected chi connectivity index (χ0v) is 19.2. The summed E-state index contributed by atoms with van der Waals surface area (Å²) in [5.74, 6) is 0.294. The number of carbonyl (C=O) groups is 2. The second-order valence-corrected chi connectivity index (χ2v) is 8.48. The lowest BCUT2D eigenvalue weighted by Crippen LogP contribution is -2.48. The third kappa shape index (κ3) is 6.65. The van der Waals surface area contributed by atoms with Crippen LogP contribution in [0.4, 0.5) is 10.5 Å². The quantitative estimate of drug-likeness (QED) is 0.659. The van der Waals surface area contributed by atoms with Crippen LogP contribution in [0.1, 0.15) is 45.9 Å². The molecule has 1 N–H and O–H groups in total. The number of hydrogen-bond donors (Lipinski definition) is 1. The van der Waals surface area contributed by atoms with Gasteiger partial charge in [0.25, 0.3) is 0 Å². The van der Waals surface area contributed by atoms with Crippen LogP contribution in [-0.2, 0) is 24.8 Å². The van der Waals surface area contributed by atoms with E-state index < -0.39 is 0 Å². The number of anilines is 1. The second kappa shape index (κ2) is 10.9. The summed E-state index contributed by atoms with van der Waals surface area (Å²) in [6.45, 7) is 11.4. The molecular weight excluding hydrogens is 376 g/mol. The summed E-state index contributed by atoms with van der Waals surface area (Å²) in [5, 5.41) is 2.93. The molecule has 2 rings (SSSR count). The Morgan fingerprint density at radius 3 is 2.23 bits per heavy atom. The minimum absolute atomic E-state index is 0.0462. The minimum Gasteiger partial charge on any atom is -0.353 e. The number of urea groups is 1. The molecule has 0 aliphatic heterocycles. The van der Waals surface area contributed by atoms with E-state index in [0.717, 1.165) is 17.8 Å². The lowest BCUT2D eigenvalue weighted by molar-refractivity contribution is -0.133. The van der Waals surface area contributed by atoms with Crippen molar-refractivity contribution in [1.29, 1.82) is 0 Å². The normalized spacial score (nSPS) is 11.1. The van der Waals surface area contributed by atoms with E-state index in [1.807, 2.05) is 73.0 Å². The number of hydrogen-bond acceptors (Lipinski definition) is 2. The monoisotopic (exact) mass is 412 g/mol. The van der Waals surface area contributed by atoms with Crippen LogP contribution < -0.4 is 5.32 Å². The van der Waals surface area contributed by atoms with Gasteiger partial charge in [-0.25, -0.2) is 4.79 Å². The van der Waals surface area contributed by atoms with Crippen molar-refractivity contribution < 1.29 is 9.59 Å². The summed E-state index contributed by atoms with van der Waals surface area (Å²) in [6.07, 6.45) is 2.93. The smallest absolute Gasteiger partial charge is 0.322 e. The van der Waals surface area contributed by atoms with Gasteiger partial charge in [0, 0.05) is 37.2 Å². The van der Waals surface area contributed by atoms with E-state index in [1.165, 1.54) is 5.56 Å². The molecule has 1 aromatic carbocycles. The number of amides is 3. The molecule has 0 unspecified atom stereocenters. The molecule has 1 aromatic heterocycles. The molecule has 30 heavy (non-hydrogen) atoms. The number of benzene rings is 1. The van der Waals surface area contributed by atoms with Crippen molar-refractivity contribution in [3.05, 3.63) is 53.9 Å². The van der Waals surface area contributed by atoms with Crippen LogP contribution in [-0.4, -0.2) is 45.4 Å². The molecule has 6 nitrogen and oxygen atoms in total. The molecule has 1 heterocycles. The number of aromatic nitrogens is 1. The maximum absolute atomic E-state index is 13.2. The predicted octanol–water partition coefficient (Wildman–Crippen LogP) is 4.51. The molecule has 0 saturated heterocycles. The fraction of sp³-hybridized carbons (Fsp3) is 0.500. The largest absolute Gasteiger partial charge is 0.353 e. The molecule has 2 aromatic rings. The van der Waals surface area contributed by atoms with Crippen LogP contribution >= 0.6 is 0 Å². The number of rotatable bonds is 9. The Morgan fingerprint density at radius 1 is 1.07 bits per heavy atom. The third-order valence-electron chi connectivity index (χ3n) is 5.15. The summed E-state index contributed by atoms with van der Waals surface area (Å²) < 4.78 is 2.02. The van der Waals surface area contributed by atoms with Crippen LogP contribution in [0.25, 0.3) is 0 Å². The van der Waals surface area contributed by atoms with E-state index in [1.54, 1.807) is 4.90 Å². The molecule has 0 bridgehead atoms. The van der Waals surface area contributed by atoms with Crippen LogP contribution in [0.3, 0.4) is 0 Å². The first-order valence-corrected chi connectivity index (χ1v) is 10.8. The number of nitrogens with one attached hydrogen (secondary N) is 1. The number of aryl methyl sites for hydroxylation is 2. The first kappa shape index (κ1) is 23.5. The molecule has 3 amide bonds. The van der Waals surface area contributed by atoms with Crippen LogP contribution in [0.2, 0.25) is 0 Å². The van der Waals surface area contributed by atoms with E-state index in [0.29, 0.717) is 19.0 Å². The summed E-state index contributed by atoms with van der Waals surface area (Å²) in [6, 6.07) is 11.5. The van der Waals surface area contributed by atoms with Crippen molar-refractivity contribution in [3.63, 3.8) is 0 Å². The van der Waals surface area contributed by atoms with E-state index in [2.05, 4.69) is 26.1 Å². The van der Waals surface area contributed by atoms with Gasteiger partial charge in [-0.05, 0) is 56.0 Å². The van der Waals surface area contributed by atoms with Crippen molar-refractivity contribution in [2.45, 2.75) is 53.6 Å². The SMILES string of the molecule is CCc1ccc(NC(=O)N(CC(=O)N(Cc2cccn2C)CC(C)C)C(C)C)cc1. The summed E-state index contributed by atoms with van der Waals surface area (Å²) in [5.41, 5.74) is 3.02. The Kier molecular flexibility index (Phi) is 8.51. The Bertz CT molecular complexity index is 824. The van der Waals surface area contributed by atoms with E-state index in [-0.39, 0.29) is 24.5 Å². The molecule has 6 heteroatoms. The lowest BCUT2D eigenvalue weighted by Gasteiger charge is -2.31. The highest BCUT2D eigenvalue weighted by Gasteiger charge is 2.24. The van der Waals surface area contributed by atoms with Crippen molar-refractivity contribution in [2.24, 2.45) is 13.0 Å². The van der Waals surface area contributed by atoms with E-state index >= 15 is 0 Å². The van der Waals surface area contributed by atoms with Gasteiger partial charge in [0.2, 0.25) is 5.91 Å². The summed E-state index contributed by atoms with van der Waals surface area (Å²) in [4.78, 5) is 29.5. The fourth-order valence-electron chi connectivity index (χ4n) is 3.31. The Hall–Kier alpha value is -2.76. The van der Waals surface area contributed by atoms with Gasteiger partial charge in [-0.15, -0.1) is 0 Å². The van der Waals surface area contributed by atoms with Crippen LogP contribution in [0.15, 0.2) is 42.6 Å². The Balaban J connectivity index is 2.10. The molecule has 0 fully saturated rings. The Morgan fingerprint density at radius 2 is 1.73 bits per heavy atom. The van der Waals surface area contributed by atoms with Gasteiger partial charge in [-0.2, -0.15) is 0 Å². The van der Waals surface area contributed by atoms with Gasteiger partial charge in [-0.1, -0.05) is 32.9 Å². The van der Waals surface area contributed by atoms with Crippen LogP contribution in [0, 0.1) is 5.92 Å². The highest BCUT2D eigenvalue weighted by atomic mass is 16.2. The van der Waals surface area contributed by atoms with Gasteiger partial charge < -0.3 is 19.7 Å². The second-order valence-electron chi connectivity index (χ2n) is 8.48. The van der Waals surface area contributed by atoms with E-state index in [9.17, 15) is 9.59 Å². The third-order valence-corrected chi connectivity index (χ3v) is 5.15. The van der Waals surface area contributed by atoms with Crippen molar-refractivity contribution in [1.82, 2.24) is 14.4 Å². The molecule has 0 saturated carbocycles. The van der Waals surface area contributed by atoms with Crippen molar-refractivity contribution in [2.75, 3.05) is 18.4 Å². The van der Waals surface area contributed by atoms with Crippen LogP contribution in [0.5, 0.6) is 0 Å². The lowest BCUT2D eigenvalue weighted by atomic mass is 10.1. The first-order chi connectivity index (χ1) is 14.2. The van der Waals surface area contributed by atoms with Crippen molar-refractivity contribution >= 4 is 17.6 Å². The average molecular weight is 413 g/mol. The van der Waals surface area contributed by atoms with Gasteiger partial charge in [0.15, 0.2) is 0 Å². The maximum Gasteiger partial charge on any atom is 0.322 e. The average Bonchev–Trinajstić information content (AvgIpc) is 3.09. The molecule has 0 aliphatic carbocycles. The maximum atomic E-state index is 13.2. The number of nitrogens with zero attached hydrogens (tertiary/aromatic N) is 3. The highest BCUT2D eigenvalue weighted by molar-refractivity contribution is 5.92. The van der Waals surface area contributed by atoms with Gasteiger partial charge in [0.1, 0.15) is 6.54 Å². The van der Waals surface area contributed by atoms with Gasteiger partial charge in [-0.3, -0.25) is 4.79 Å². The molecule has 0 aliphatic rings.